The minimum atomic E-state index is -0.0168. The molecule has 1 unspecified atom stereocenters. The number of nitrogens with zero attached hydrogens (tertiary/aromatic N) is 1. The van der Waals surface area contributed by atoms with Gasteiger partial charge in [0.15, 0.2) is 0 Å². The van der Waals surface area contributed by atoms with E-state index in [0.29, 0.717) is 0 Å². The second kappa shape index (κ2) is 5.54. The summed E-state index contributed by atoms with van der Waals surface area (Å²) >= 11 is 4.04. The number of nitrogens with two attached hydrogens (primary N) is 1. The molecule has 0 aliphatic heterocycles. The van der Waals surface area contributed by atoms with E-state index in [4.69, 9.17) is 5.84 Å². The number of fused-ring (bicyclic) bond motifs is 1. The van der Waals surface area contributed by atoms with Gasteiger partial charge in [0.2, 0.25) is 0 Å². The van der Waals surface area contributed by atoms with Crippen LogP contribution in [0.4, 0.5) is 0 Å². The van der Waals surface area contributed by atoms with Crippen molar-refractivity contribution in [2.45, 2.75) is 6.04 Å². The molecule has 19 heavy (non-hydrogen) atoms. The first kappa shape index (κ1) is 13.0. The predicted molar refractivity (Wildman–Crippen MR) is 87.9 cm³/mol. The summed E-state index contributed by atoms with van der Waals surface area (Å²) in [5, 5.41) is 3.26. The minimum absolute atomic E-state index is 0.0168. The number of halogens is 1. The largest absolute Gasteiger partial charge is 0.271 e. The molecule has 2 heterocycles. The zero-order chi connectivity index (χ0) is 13.2. The summed E-state index contributed by atoms with van der Waals surface area (Å²) in [4.78, 5) is 4.49. The summed E-state index contributed by atoms with van der Waals surface area (Å²) in [6.07, 6.45) is 1.89. The van der Waals surface area contributed by atoms with Crippen molar-refractivity contribution in [3.63, 3.8) is 0 Å². The third-order valence-electron chi connectivity index (χ3n) is 3.03. The second-order valence-corrected chi connectivity index (χ2v) is 7.05. The molecule has 3 nitrogen and oxygen atoms in total. The number of para-hydroxylation sites is 1. The lowest BCUT2D eigenvalue weighted by Crippen LogP contribution is -2.28. The standard InChI is InChI=1S/C14H12IN3S/c15-13-6-11(8-19-13)14(18-16)10-5-9-3-1-2-4-12(9)17-7-10/h1-8,14,18H,16H2. The molecule has 3 N–H and O–H groups in total. The minimum Gasteiger partial charge on any atom is -0.271 e. The van der Waals surface area contributed by atoms with E-state index in [1.54, 1.807) is 11.3 Å². The van der Waals surface area contributed by atoms with Gasteiger partial charge in [-0.2, -0.15) is 0 Å². The Hall–Kier alpha value is -1.02. The fourth-order valence-electron chi connectivity index (χ4n) is 2.11. The van der Waals surface area contributed by atoms with Crippen LogP contribution in [0.15, 0.2) is 48.0 Å². The topological polar surface area (TPSA) is 50.9 Å². The van der Waals surface area contributed by atoms with Gasteiger partial charge in [0.05, 0.1) is 14.4 Å². The van der Waals surface area contributed by atoms with Crippen LogP contribution >= 0.6 is 33.9 Å². The van der Waals surface area contributed by atoms with E-state index < -0.39 is 0 Å². The Balaban J connectivity index is 2.06. The van der Waals surface area contributed by atoms with Crippen LogP contribution in [0, 0.1) is 2.88 Å². The predicted octanol–water partition coefficient (Wildman–Crippen LogP) is 3.45. The Bertz CT molecular complexity index is 710. The maximum atomic E-state index is 5.71. The van der Waals surface area contributed by atoms with Crippen molar-refractivity contribution in [2.24, 2.45) is 5.84 Å². The van der Waals surface area contributed by atoms with E-state index in [9.17, 15) is 0 Å². The quantitative estimate of drug-likeness (QED) is 0.415. The number of hydrogen-bond acceptors (Lipinski definition) is 4. The summed E-state index contributed by atoms with van der Waals surface area (Å²) in [5.41, 5.74) is 6.13. The SMILES string of the molecule is NNC(c1csc(I)c1)c1cnc2ccccc2c1. The lowest BCUT2D eigenvalue weighted by molar-refractivity contribution is 0.637. The first-order valence-electron chi connectivity index (χ1n) is 5.82. The Morgan fingerprint density at radius 1 is 1.21 bits per heavy atom. The molecule has 0 saturated heterocycles. The molecule has 0 radical (unpaired) electrons. The highest BCUT2D eigenvalue weighted by Gasteiger charge is 2.14. The number of hydrazine groups is 1. The number of nitrogens with one attached hydrogen (secondary N) is 1. The molecule has 1 atom stereocenters. The van der Waals surface area contributed by atoms with Crippen LogP contribution < -0.4 is 11.3 Å². The van der Waals surface area contributed by atoms with Crippen LogP contribution in [0.5, 0.6) is 0 Å². The fourth-order valence-corrected chi connectivity index (χ4v) is 3.50. The monoisotopic (exact) mass is 381 g/mol. The van der Waals surface area contributed by atoms with Gasteiger partial charge in [-0.15, -0.1) is 11.3 Å². The van der Waals surface area contributed by atoms with E-state index in [1.165, 1.54) is 8.45 Å². The summed E-state index contributed by atoms with van der Waals surface area (Å²) < 4.78 is 1.25. The maximum absolute atomic E-state index is 5.71. The molecule has 0 aliphatic rings. The van der Waals surface area contributed by atoms with Crippen molar-refractivity contribution in [2.75, 3.05) is 0 Å². The number of pyridine rings is 1. The maximum Gasteiger partial charge on any atom is 0.0733 e. The molecule has 1 aromatic carbocycles. The molecule has 96 valence electrons. The Labute approximate surface area is 129 Å². The molecule has 2 aromatic heterocycles. The molecular formula is C14H12IN3S. The van der Waals surface area contributed by atoms with Gasteiger partial charge in [-0.05, 0) is 57.3 Å². The molecule has 0 spiro atoms. The molecule has 0 fully saturated rings. The molecule has 3 rings (SSSR count). The fraction of sp³-hybridized carbons (Fsp3) is 0.0714. The highest BCUT2D eigenvalue weighted by Crippen LogP contribution is 2.27. The van der Waals surface area contributed by atoms with E-state index >= 15 is 0 Å². The third kappa shape index (κ3) is 2.64. The molecule has 0 amide bonds. The number of thiophene rings is 1. The number of aromatic nitrogens is 1. The Kier molecular flexibility index (Phi) is 3.79. The number of hydrogen-bond donors (Lipinski definition) is 2. The average Bonchev–Trinajstić information content (AvgIpc) is 2.86. The van der Waals surface area contributed by atoms with E-state index in [-0.39, 0.29) is 6.04 Å². The van der Waals surface area contributed by atoms with Gasteiger partial charge in [0, 0.05) is 11.6 Å². The molecule has 0 aliphatic carbocycles. The van der Waals surface area contributed by atoms with Crippen molar-refractivity contribution >= 4 is 44.8 Å². The van der Waals surface area contributed by atoms with Crippen molar-refractivity contribution in [1.29, 1.82) is 0 Å². The van der Waals surface area contributed by atoms with Crippen LogP contribution in [0.2, 0.25) is 0 Å². The van der Waals surface area contributed by atoms with Crippen molar-refractivity contribution in [1.82, 2.24) is 10.4 Å². The average molecular weight is 381 g/mol. The van der Waals surface area contributed by atoms with Gasteiger partial charge >= 0.3 is 0 Å². The highest BCUT2D eigenvalue weighted by atomic mass is 127. The second-order valence-electron chi connectivity index (χ2n) is 4.25. The van der Waals surface area contributed by atoms with Crippen LogP contribution in [-0.4, -0.2) is 4.98 Å². The Morgan fingerprint density at radius 3 is 2.79 bits per heavy atom. The van der Waals surface area contributed by atoms with Crippen molar-refractivity contribution in [3.8, 4) is 0 Å². The van der Waals surface area contributed by atoms with Gasteiger partial charge in [-0.3, -0.25) is 10.8 Å². The summed E-state index contributed by atoms with van der Waals surface area (Å²) in [6, 6.07) is 12.4. The van der Waals surface area contributed by atoms with E-state index in [2.05, 4.69) is 56.6 Å². The van der Waals surface area contributed by atoms with Crippen LogP contribution in [0.25, 0.3) is 10.9 Å². The van der Waals surface area contributed by atoms with Crippen LogP contribution in [0.3, 0.4) is 0 Å². The van der Waals surface area contributed by atoms with E-state index in [1.807, 2.05) is 24.4 Å². The lowest BCUT2D eigenvalue weighted by atomic mass is 10.0. The van der Waals surface area contributed by atoms with Gasteiger partial charge in [0.1, 0.15) is 0 Å². The van der Waals surface area contributed by atoms with E-state index in [0.717, 1.165) is 16.5 Å². The zero-order valence-corrected chi connectivity index (χ0v) is 13.0. The van der Waals surface area contributed by atoms with Gasteiger partial charge in [-0.1, -0.05) is 18.2 Å². The molecule has 0 saturated carbocycles. The number of rotatable bonds is 3. The molecule has 3 aromatic rings. The van der Waals surface area contributed by atoms with Crippen LogP contribution in [0.1, 0.15) is 17.2 Å². The number of benzene rings is 1. The van der Waals surface area contributed by atoms with Crippen molar-refractivity contribution in [3.05, 3.63) is 62.0 Å². The summed E-state index contributed by atoms with van der Waals surface area (Å²) in [7, 11) is 0. The van der Waals surface area contributed by atoms with Gasteiger partial charge in [0.25, 0.3) is 0 Å². The summed E-state index contributed by atoms with van der Waals surface area (Å²) in [6.45, 7) is 0. The van der Waals surface area contributed by atoms with Crippen LogP contribution in [-0.2, 0) is 0 Å². The Morgan fingerprint density at radius 2 is 2.05 bits per heavy atom. The zero-order valence-electron chi connectivity index (χ0n) is 10.0. The molecule has 0 bridgehead atoms. The third-order valence-corrected chi connectivity index (χ3v) is 4.84. The lowest BCUT2D eigenvalue weighted by Gasteiger charge is -2.15. The first-order valence-corrected chi connectivity index (χ1v) is 7.78. The molecule has 5 heteroatoms. The normalized spacial score (nSPS) is 12.7. The van der Waals surface area contributed by atoms with Gasteiger partial charge < -0.3 is 0 Å². The van der Waals surface area contributed by atoms with Gasteiger partial charge in [-0.25, -0.2) is 5.43 Å². The first-order chi connectivity index (χ1) is 9.28. The van der Waals surface area contributed by atoms with Crippen molar-refractivity contribution < 1.29 is 0 Å². The summed E-state index contributed by atoms with van der Waals surface area (Å²) in [5.74, 6) is 5.71. The highest BCUT2D eigenvalue weighted by molar-refractivity contribution is 14.1. The smallest absolute Gasteiger partial charge is 0.0733 e. The molecular weight excluding hydrogens is 369 g/mol.